The van der Waals surface area contributed by atoms with E-state index in [4.69, 9.17) is 0 Å². The maximum Gasteiger partial charge on any atom is 0.0414 e. The maximum atomic E-state index is 9.84. The molecule has 0 saturated carbocycles. The number of carbonyl (C=O) groups excluding carboxylic acids is 2. The Labute approximate surface area is 197 Å². The second-order valence-corrected chi connectivity index (χ2v) is 8.06. The van der Waals surface area contributed by atoms with Crippen molar-refractivity contribution in [3.8, 4) is 11.1 Å². The lowest BCUT2D eigenvalue weighted by Gasteiger charge is -1.98. The van der Waals surface area contributed by atoms with Gasteiger partial charge >= 0.3 is 0 Å². The largest absolute Gasteiger partial charge is 0.550 e. The summed E-state index contributed by atoms with van der Waals surface area (Å²) >= 11 is 6.51. The third kappa shape index (κ3) is 18.4. The highest BCUT2D eigenvalue weighted by atomic mass is 79.9. The molecule has 0 fully saturated rings. The Morgan fingerprint density at radius 3 is 1.17 bits per heavy atom. The molecule has 0 atom stereocenters. The number of carboxylic acids is 2. The zero-order valence-electron chi connectivity index (χ0n) is 17.2. The normalized spacial score (nSPS) is 9.53. The van der Waals surface area contributed by atoms with Crippen LogP contribution in [0.3, 0.4) is 0 Å². The van der Waals surface area contributed by atoms with Crippen molar-refractivity contribution in [2.75, 3.05) is 10.7 Å². The first-order valence-corrected chi connectivity index (χ1v) is 12.4. The zero-order chi connectivity index (χ0) is 22.5. The highest BCUT2D eigenvalue weighted by molar-refractivity contribution is 9.09. The van der Waals surface area contributed by atoms with Crippen LogP contribution in [0.15, 0.2) is 60.7 Å². The van der Waals surface area contributed by atoms with Gasteiger partial charge in [-0.1, -0.05) is 105 Å². The van der Waals surface area contributed by atoms with E-state index in [9.17, 15) is 19.8 Å². The molecule has 2 rings (SSSR count). The second kappa shape index (κ2) is 20.6. The zero-order valence-corrected chi connectivity index (χ0v) is 20.4. The Kier molecular flexibility index (Phi) is 19.5. The van der Waals surface area contributed by atoms with Crippen LogP contribution in [0.1, 0.15) is 51.4 Å². The van der Waals surface area contributed by atoms with E-state index in [0.717, 1.165) is 49.2 Å². The van der Waals surface area contributed by atoms with Crippen LogP contribution in [0, 0.1) is 0 Å². The van der Waals surface area contributed by atoms with Gasteiger partial charge in [0.2, 0.25) is 0 Å². The Morgan fingerprint density at radius 2 is 0.900 bits per heavy atom. The molecule has 4 nitrogen and oxygen atoms in total. The summed E-state index contributed by atoms with van der Waals surface area (Å²) in [6, 6.07) is 20.8. The van der Waals surface area contributed by atoms with Gasteiger partial charge in [0.25, 0.3) is 0 Å². The topological polar surface area (TPSA) is 80.3 Å². The number of halogens is 2. The van der Waals surface area contributed by atoms with E-state index in [0.29, 0.717) is 0 Å². The van der Waals surface area contributed by atoms with Crippen LogP contribution in [0.4, 0.5) is 0 Å². The summed E-state index contributed by atoms with van der Waals surface area (Å²) in [5.74, 6) is -1.88. The second-order valence-electron chi connectivity index (χ2n) is 6.48. The van der Waals surface area contributed by atoms with Crippen molar-refractivity contribution >= 4 is 43.8 Å². The number of carbonyl (C=O) groups is 2. The molecule has 0 saturated heterocycles. The fourth-order valence-electron chi connectivity index (χ4n) is 2.34. The number of unbranched alkanes of at least 4 members (excludes halogenated alkanes) is 4. The fourth-order valence-corrected chi connectivity index (χ4v) is 3.14. The van der Waals surface area contributed by atoms with Crippen molar-refractivity contribution in [1.29, 1.82) is 0 Å². The van der Waals surface area contributed by atoms with E-state index in [2.05, 4.69) is 80.4 Å². The van der Waals surface area contributed by atoms with Gasteiger partial charge in [-0.15, -0.1) is 0 Å². The molecule has 6 heteroatoms. The summed E-state index contributed by atoms with van der Waals surface area (Å²) < 4.78 is 0. The molecule has 166 valence electrons. The molecule has 0 aliphatic carbocycles. The predicted octanol–water partition coefficient (Wildman–Crippen LogP) is 4.74. The SMILES string of the molecule is O=C([O-])CCCCCBr.O=C([O-])CCCCCBr.c1ccc(-c2ccccc2)cc1. The number of alkyl halides is 2. The minimum Gasteiger partial charge on any atom is -0.550 e. The number of hydrogen-bond donors (Lipinski definition) is 0. The van der Waals surface area contributed by atoms with Gasteiger partial charge in [0.1, 0.15) is 0 Å². The summed E-state index contributed by atoms with van der Waals surface area (Å²) in [6.45, 7) is 0. The fraction of sp³-hybridized carbons (Fsp3) is 0.417. The highest BCUT2D eigenvalue weighted by Gasteiger charge is 1.92. The standard InChI is InChI=1S/C12H10.2C6H11BrO2/c1-3-7-11(8-4-1)12-9-5-2-6-10-12;2*7-5-3-1-2-4-6(8)9/h1-10H;2*1-5H2,(H,8,9)/p-2. The lowest BCUT2D eigenvalue weighted by molar-refractivity contribution is -0.307. The van der Waals surface area contributed by atoms with Crippen LogP contribution in [-0.2, 0) is 9.59 Å². The van der Waals surface area contributed by atoms with Gasteiger partial charge in [-0.25, -0.2) is 0 Å². The first-order valence-electron chi connectivity index (χ1n) is 10.1. The van der Waals surface area contributed by atoms with Crippen molar-refractivity contribution < 1.29 is 19.8 Å². The van der Waals surface area contributed by atoms with Crippen LogP contribution in [-0.4, -0.2) is 22.6 Å². The molecule has 0 heterocycles. The highest BCUT2D eigenvalue weighted by Crippen LogP contribution is 2.17. The molecule has 0 aromatic heterocycles. The van der Waals surface area contributed by atoms with Crippen LogP contribution in [0.2, 0.25) is 0 Å². The number of carboxylic acid groups (broad SMARTS) is 2. The van der Waals surface area contributed by atoms with E-state index in [1.54, 1.807) is 0 Å². The summed E-state index contributed by atoms with van der Waals surface area (Å²) in [6.07, 6.45) is 5.93. The maximum absolute atomic E-state index is 9.84. The quantitative estimate of drug-likeness (QED) is 0.304. The molecule has 0 aliphatic heterocycles. The minimum absolute atomic E-state index is 0.201. The van der Waals surface area contributed by atoms with Gasteiger partial charge in [-0.05, 0) is 49.7 Å². The first-order chi connectivity index (χ1) is 14.5. The van der Waals surface area contributed by atoms with E-state index in [1.165, 1.54) is 11.1 Å². The first kappa shape index (κ1) is 28.3. The lowest BCUT2D eigenvalue weighted by Crippen LogP contribution is -2.21. The van der Waals surface area contributed by atoms with E-state index in [-0.39, 0.29) is 12.8 Å². The van der Waals surface area contributed by atoms with Crippen molar-refractivity contribution in [3.63, 3.8) is 0 Å². The van der Waals surface area contributed by atoms with Crippen LogP contribution in [0.5, 0.6) is 0 Å². The molecule has 0 unspecified atom stereocenters. The summed E-state index contributed by atoms with van der Waals surface area (Å²) in [5.41, 5.74) is 2.55. The van der Waals surface area contributed by atoms with Gasteiger partial charge in [0.15, 0.2) is 0 Å². The lowest BCUT2D eigenvalue weighted by atomic mass is 10.1. The van der Waals surface area contributed by atoms with Crippen LogP contribution < -0.4 is 10.2 Å². The molecule has 0 radical (unpaired) electrons. The summed E-state index contributed by atoms with van der Waals surface area (Å²) in [4.78, 5) is 19.7. The molecule has 0 bridgehead atoms. The number of benzene rings is 2. The van der Waals surface area contributed by atoms with Crippen LogP contribution >= 0.6 is 31.9 Å². The number of rotatable bonds is 11. The molecular weight excluding hydrogens is 512 g/mol. The Hall–Kier alpha value is -1.66. The average molecular weight is 542 g/mol. The Morgan fingerprint density at radius 1 is 0.567 bits per heavy atom. The molecular formula is C24H30Br2O4-2. The van der Waals surface area contributed by atoms with Crippen molar-refractivity contribution in [3.05, 3.63) is 60.7 Å². The van der Waals surface area contributed by atoms with Gasteiger partial charge < -0.3 is 19.8 Å². The van der Waals surface area contributed by atoms with E-state index < -0.39 is 11.9 Å². The summed E-state index contributed by atoms with van der Waals surface area (Å²) in [7, 11) is 0. The molecule has 0 amide bonds. The Bertz CT molecular complexity index is 604. The smallest absolute Gasteiger partial charge is 0.0414 e. The Balaban J connectivity index is 0.000000430. The van der Waals surface area contributed by atoms with Crippen LogP contribution in [0.25, 0.3) is 11.1 Å². The molecule has 2 aromatic rings. The van der Waals surface area contributed by atoms with Gasteiger partial charge in [-0.3, -0.25) is 0 Å². The molecule has 0 aliphatic rings. The van der Waals surface area contributed by atoms with Crippen molar-refractivity contribution in [2.45, 2.75) is 51.4 Å². The average Bonchev–Trinajstić information content (AvgIpc) is 2.76. The van der Waals surface area contributed by atoms with Crippen molar-refractivity contribution in [2.24, 2.45) is 0 Å². The van der Waals surface area contributed by atoms with E-state index >= 15 is 0 Å². The third-order valence-corrected chi connectivity index (χ3v) is 5.03. The monoisotopic (exact) mass is 540 g/mol. The number of hydrogen-bond acceptors (Lipinski definition) is 4. The van der Waals surface area contributed by atoms with Crippen molar-refractivity contribution in [1.82, 2.24) is 0 Å². The van der Waals surface area contributed by atoms with E-state index in [1.807, 2.05) is 12.1 Å². The molecule has 2 aromatic carbocycles. The van der Waals surface area contributed by atoms with Gasteiger partial charge in [-0.2, -0.15) is 0 Å². The molecule has 0 N–H and O–H groups in total. The third-order valence-electron chi connectivity index (χ3n) is 3.91. The predicted molar refractivity (Wildman–Crippen MR) is 126 cm³/mol. The summed E-state index contributed by atoms with van der Waals surface area (Å²) in [5, 5.41) is 21.6. The molecule has 0 spiro atoms. The molecule has 30 heavy (non-hydrogen) atoms. The van der Waals surface area contributed by atoms with Gasteiger partial charge in [0, 0.05) is 22.6 Å². The van der Waals surface area contributed by atoms with Gasteiger partial charge in [0.05, 0.1) is 0 Å². The minimum atomic E-state index is -0.940. The number of aliphatic carboxylic acids is 2.